The van der Waals surface area contributed by atoms with E-state index in [1.807, 2.05) is 84.9 Å². The molecule has 3 heterocycles. The number of carbonyl (C=O) groups excluding carboxylic acids is 2. The Morgan fingerprint density at radius 2 is 0.800 bits per heavy atom. The molecule has 7 heteroatoms. The van der Waals surface area contributed by atoms with Gasteiger partial charge in [-0.1, -0.05) is 72.4 Å². The van der Waals surface area contributed by atoms with E-state index in [0.29, 0.717) is 28.3 Å². The SMILES string of the molecule is O=C1c2ccccc2C(=O)N1c1cc(N2c3ccccc3Oc3ccccc32)cc(N2c3ccccc3Sc3ccccc32)c1. The standard InChI is InChI=1S/C38H23N3O3S/c42-37-27-11-1-2-12-28(27)38(43)41(37)26-22-24(39-29-13-3-7-17-33(29)44-34-18-8-4-14-30(34)39)21-25(23-26)40-31-15-5-9-19-35(31)45-36-20-10-6-16-32(36)40/h1-23H. The lowest BCUT2D eigenvalue weighted by Crippen LogP contribution is -2.30. The second kappa shape index (κ2) is 9.87. The van der Waals surface area contributed by atoms with Crippen molar-refractivity contribution < 1.29 is 14.3 Å². The number of para-hydroxylation sites is 6. The highest BCUT2D eigenvalue weighted by molar-refractivity contribution is 7.99. The van der Waals surface area contributed by atoms with Crippen molar-refractivity contribution in [2.24, 2.45) is 0 Å². The summed E-state index contributed by atoms with van der Waals surface area (Å²) in [6, 6.07) is 45.3. The van der Waals surface area contributed by atoms with E-state index in [0.717, 1.165) is 43.9 Å². The number of amides is 2. The fourth-order valence-electron chi connectivity index (χ4n) is 6.36. The maximum absolute atomic E-state index is 13.8. The Morgan fingerprint density at radius 3 is 1.31 bits per heavy atom. The van der Waals surface area contributed by atoms with Gasteiger partial charge in [0.2, 0.25) is 0 Å². The van der Waals surface area contributed by atoms with Crippen LogP contribution in [0.5, 0.6) is 11.5 Å². The van der Waals surface area contributed by atoms with E-state index in [-0.39, 0.29) is 11.8 Å². The van der Waals surface area contributed by atoms with Crippen molar-refractivity contribution in [3.05, 3.63) is 151 Å². The number of benzene rings is 6. The van der Waals surface area contributed by atoms with E-state index >= 15 is 0 Å². The van der Waals surface area contributed by atoms with Crippen molar-refractivity contribution >= 4 is 63.4 Å². The molecule has 0 fully saturated rings. The van der Waals surface area contributed by atoms with Gasteiger partial charge in [0.15, 0.2) is 11.5 Å². The highest BCUT2D eigenvalue weighted by atomic mass is 32.2. The highest BCUT2D eigenvalue weighted by Crippen LogP contribution is 2.55. The summed E-state index contributed by atoms with van der Waals surface area (Å²) < 4.78 is 6.30. The molecule has 0 saturated carbocycles. The molecule has 0 aromatic heterocycles. The molecule has 0 atom stereocenters. The fraction of sp³-hybridized carbons (Fsp3) is 0. The van der Waals surface area contributed by atoms with Crippen LogP contribution in [-0.2, 0) is 0 Å². The molecule has 0 radical (unpaired) electrons. The van der Waals surface area contributed by atoms with Gasteiger partial charge in [0.25, 0.3) is 11.8 Å². The Morgan fingerprint density at radius 1 is 0.422 bits per heavy atom. The number of imide groups is 1. The maximum Gasteiger partial charge on any atom is 0.266 e. The molecule has 0 unspecified atom stereocenters. The topological polar surface area (TPSA) is 53.1 Å². The van der Waals surface area contributed by atoms with Crippen LogP contribution in [0.4, 0.5) is 39.8 Å². The van der Waals surface area contributed by atoms with E-state index in [1.54, 1.807) is 36.0 Å². The Labute approximate surface area is 263 Å². The van der Waals surface area contributed by atoms with Gasteiger partial charge in [0, 0.05) is 9.79 Å². The van der Waals surface area contributed by atoms with Gasteiger partial charge in [-0.15, -0.1) is 0 Å². The summed E-state index contributed by atoms with van der Waals surface area (Å²) in [5, 5.41) is 0. The van der Waals surface area contributed by atoms with Crippen LogP contribution in [0.3, 0.4) is 0 Å². The number of anilines is 7. The lowest BCUT2D eigenvalue weighted by atomic mass is 10.1. The van der Waals surface area contributed by atoms with Gasteiger partial charge < -0.3 is 14.5 Å². The van der Waals surface area contributed by atoms with Crippen LogP contribution >= 0.6 is 11.8 Å². The predicted octanol–water partition coefficient (Wildman–Crippen LogP) is 10.00. The Hall–Kier alpha value is -5.79. The van der Waals surface area contributed by atoms with Gasteiger partial charge in [-0.2, -0.15) is 0 Å². The van der Waals surface area contributed by atoms with Crippen molar-refractivity contribution in [1.82, 2.24) is 0 Å². The van der Waals surface area contributed by atoms with Gasteiger partial charge >= 0.3 is 0 Å². The molecular formula is C38H23N3O3S. The highest BCUT2D eigenvalue weighted by Gasteiger charge is 2.38. The van der Waals surface area contributed by atoms with E-state index < -0.39 is 0 Å². The van der Waals surface area contributed by atoms with Crippen molar-refractivity contribution in [2.75, 3.05) is 14.7 Å². The molecule has 214 valence electrons. The zero-order valence-electron chi connectivity index (χ0n) is 23.8. The molecular weight excluding hydrogens is 579 g/mol. The minimum Gasteiger partial charge on any atom is -0.453 e. The largest absolute Gasteiger partial charge is 0.453 e. The minimum absolute atomic E-state index is 0.337. The number of nitrogens with zero attached hydrogens (tertiary/aromatic N) is 3. The molecule has 3 aliphatic heterocycles. The van der Waals surface area contributed by atoms with Crippen LogP contribution < -0.4 is 19.4 Å². The van der Waals surface area contributed by atoms with Crippen LogP contribution in [0.1, 0.15) is 20.7 Å². The summed E-state index contributed by atoms with van der Waals surface area (Å²) in [6.07, 6.45) is 0. The zero-order valence-corrected chi connectivity index (χ0v) is 24.6. The first-order chi connectivity index (χ1) is 22.2. The van der Waals surface area contributed by atoms with E-state index in [9.17, 15) is 9.59 Å². The van der Waals surface area contributed by atoms with Gasteiger partial charge in [-0.05, 0) is 78.9 Å². The van der Waals surface area contributed by atoms with Crippen LogP contribution in [0.2, 0.25) is 0 Å². The first-order valence-corrected chi connectivity index (χ1v) is 15.4. The summed E-state index contributed by atoms with van der Waals surface area (Å²) in [6.45, 7) is 0. The average Bonchev–Trinajstić information content (AvgIpc) is 3.34. The maximum atomic E-state index is 13.8. The number of hydrogen-bond acceptors (Lipinski definition) is 6. The third-order valence-electron chi connectivity index (χ3n) is 8.32. The third kappa shape index (κ3) is 3.91. The van der Waals surface area contributed by atoms with Gasteiger partial charge in [0.05, 0.1) is 50.9 Å². The molecule has 0 spiro atoms. The molecule has 0 aliphatic carbocycles. The predicted molar refractivity (Wildman–Crippen MR) is 178 cm³/mol. The molecule has 6 aromatic rings. The molecule has 2 amide bonds. The first kappa shape index (κ1) is 25.7. The molecule has 0 N–H and O–H groups in total. The van der Waals surface area contributed by atoms with Crippen LogP contribution in [0.25, 0.3) is 0 Å². The molecule has 9 rings (SSSR count). The van der Waals surface area contributed by atoms with Gasteiger partial charge in [0.1, 0.15) is 0 Å². The van der Waals surface area contributed by atoms with Crippen molar-refractivity contribution in [1.29, 1.82) is 0 Å². The Balaban J connectivity index is 1.31. The molecule has 3 aliphatic rings. The van der Waals surface area contributed by atoms with E-state index in [4.69, 9.17) is 4.74 Å². The lowest BCUT2D eigenvalue weighted by Gasteiger charge is -2.36. The summed E-state index contributed by atoms with van der Waals surface area (Å²) >= 11 is 1.73. The van der Waals surface area contributed by atoms with Crippen LogP contribution in [-0.4, -0.2) is 11.8 Å². The van der Waals surface area contributed by atoms with Crippen LogP contribution in [0, 0.1) is 0 Å². The lowest BCUT2D eigenvalue weighted by molar-refractivity contribution is 0.0926. The Bertz CT molecular complexity index is 1970. The number of fused-ring (bicyclic) bond motifs is 5. The third-order valence-corrected chi connectivity index (χ3v) is 9.45. The number of carbonyl (C=O) groups is 2. The van der Waals surface area contributed by atoms with E-state index in [1.165, 1.54) is 4.90 Å². The quantitative estimate of drug-likeness (QED) is 0.188. The van der Waals surface area contributed by atoms with Crippen molar-refractivity contribution in [3.8, 4) is 11.5 Å². The summed E-state index contributed by atoms with van der Waals surface area (Å²) in [5.41, 5.74) is 6.67. The van der Waals surface area contributed by atoms with Gasteiger partial charge in [-0.3, -0.25) is 9.59 Å². The molecule has 6 aromatic carbocycles. The average molecular weight is 602 g/mol. The summed E-state index contributed by atoms with van der Waals surface area (Å²) in [7, 11) is 0. The normalized spacial score (nSPS) is 14.3. The van der Waals surface area contributed by atoms with Crippen molar-refractivity contribution in [3.63, 3.8) is 0 Å². The molecule has 0 saturated heterocycles. The number of ether oxygens (including phenoxy) is 1. The monoisotopic (exact) mass is 601 g/mol. The second-order valence-corrected chi connectivity index (χ2v) is 12.0. The van der Waals surface area contributed by atoms with E-state index in [2.05, 4.69) is 40.1 Å². The van der Waals surface area contributed by atoms with Crippen LogP contribution in [0.15, 0.2) is 149 Å². The van der Waals surface area contributed by atoms with Crippen molar-refractivity contribution in [2.45, 2.75) is 9.79 Å². The second-order valence-electron chi connectivity index (χ2n) is 10.9. The fourth-order valence-corrected chi connectivity index (χ4v) is 7.41. The molecule has 45 heavy (non-hydrogen) atoms. The summed E-state index contributed by atoms with van der Waals surface area (Å²) in [4.78, 5) is 35.5. The zero-order chi connectivity index (χ0) is 30.1. The number of hydrogen-bond donors (Lipinski definition) is 0. The molecule has 6 nitrogen and oxygen atoms in total. The van der Waals surface area contributed by atoms with Gasteiger partial charge in [-0.25, -0.2) is 4.90 Å². The number of rotatable bonds is 3. The minimum atomic E-state index is -0.337. The Kier molecular flexibility index (Phi) is 5.63. The molecule has 0 bridgehead atoms. The first-order valence-electron chi connectivity index (χ1n) is 14.6. The smallest absolute Gasteiger partial charge is 0.266 e. The summed E-state index contributed by atoms with van der Waals surface area (Å²) in [5.74, 6) is 0.760.